The molecule has 12 heteroatoms. The van der Waals surface area contributed by atoms with Gasteiger partial charge in [-0.3, -0.25) is 24.6 Å². The van der Waals surface area contributed by atoms with Crippen molar-refractivity contribution in [2.75, 3.05) is 10.5 Å². The monoisotopic (exact) mass is 343 g/mol. The van der Waals surface area contributed by atoms with Crippen LogP contribution in [0.4, 0.5) is 17.2 Å². The number of aromatic amines is 2. The van der Waals surface area contributed by atoms with Gasteiger partial charge in [0.25, 0.3) is 21.3 Å². The minimum atomic E-state index is -4.24. The summed E-state index contributed by atoms with van der Waals surface area (Å²) in [5.74, 6) is -0.275. The highest BCUT2D eigenvalue weighted by Gasteiger charge is 2.20. The minimum absolute atomic E-state index is 0.0687. The summed E-state index contributed by atoms with van der Waals surface area (Å²) in [6.45, 7) is 0. The van der Waals surface area contributed by atoms with Crippen LogP contribution < -0.4 is 16.0 Å². The third-order valence-corrected chi connectivity index (χ3v) is 4.10. The van der Waals surface area contributed by atoms with Crippen molar-refractivity contribution in [3.05, 3.63) is 49.5 Å². The lowest BCUT2D eigenvalue weighted by molar-refractivity contribution is -0.385. The van der Waals surface area contributed by atoms with E-state index >= 15 is 0 Å². The first-order valence-corrected chi connectivity index (χ1v) is 7.49. The molecule has 0 fully saturated rings. The number of nitrogen functional groups attached to an aromatic ring is 1. The van der Waals surface area contributed by atoms with Gasteiger partial charge < -0.3 is 10.7 Å². The Balaban J connectivity index is 2.49. The van der Waals surface area contributed by atoms with E-state index in [0.29, 0.717) is 0 Å². The molecule has 0 unspecified atom stereocenters. The van der Waals surface area contributed by atoms with Crippen LogP contribution in [0.25, 0.3) is 0 Å². The topological polar surface area (TPSA) is 164 Å². The minimum Gasteiger partial charge on any atom is -0.383 e. The molecule has 1 aromatic carbocycles. The summed E-state index contributed by atoms with van der Waals surface area (Å²) >= 11 is 4.68. The maximum Gasteiger partial charge on any atom is 0.278 e. The summed E-state index contributed by atoms with van der Waals surface area (Å²) < 4.78 is 26.3. The zero-order valence-electron chi connectivity index (χ0n) is 10.7. The molecule has 5 N–H and O–H groups in total. The number of benzene rings is 1. The number of nitrogens with zero attached hydrogens (tertiary/aromatic N) is 1. The summed E-state index contributed by atoms with van der Waals surface area (Å²) in [6.07, 6.45) is 0. The standard InChI is InChI=1S/C10H9N5O5S2/c11-8-7(9(16)13-10(21)12-8)14-22(19,20)6-3-1-2-5(4-6)15(17)18/h1-4,14H,(H4,11,12,13,16,21). The number of nitro groups is 1. The number of non-ortho nitro benzene ring substituents is 1. The number of hydrogen-bond acceptors (Lipinski definition) is 7. The molecule has 0 bridgehead atoms. The second-order valence-corrected chi connectivity index (χ2v) is 6.15. The first kappa shape index (κ1) is 15.7. The number of rotatable bonds is 4. The van der Waals surface area contributed by atoms with Crippen molar-refractivity contribution in [2.24, 2.45) is 0 Å². The van der Waals surface area contributed by atoms with Crippen molar-refractivity contribution in [1.29, 1.82) is 0 Å². The van der Waals surface area contributed by atoms with Crippen molar-refractivity contribution in [2.45, 2.75) is 4.90 Å². The Labute approximate surface area is 128 Å². The molecule has 2 rings (SSSR count). The summed E-state index contributed by atoms with van der Waals surface area (Å²) in [4.78, 5) is 25.8. The fourth-order valence-corrected chi connectivity index (χ4v) is 2.89. The second-order valence-electron chi connectivity index (χ2n) is 4.06. The van der Waals surface area contributed by atoms with Gasteiger partial charge in [0.05, 0.1) is 9.82 Å². The smallest absolute Gasteiger partial charge is 0.278 e. The molecule has 0 aliphatic rings. The fourth-order valence-electron chi connectivity index (χ4n) is 1.56. The number of nitrogens with one attached hydrogen (secondary N) is 3. The molecular weight excluding hydrogens is 334 g/mol. The summed E-state index contributed by atoms with van der Waals surface area (Å²) in [5.41, 5.74) is 3.81. The van der Waals surface area contributed by atoms with Crippen LogP contribution >= 0.6 is 12.2 Å². The zero-order valence-corrected chi connectivity index (χ0v) is 12.3. The maximum absolute atomic E-state index is 12.2. The van der Waals surface area contributed by atoms with E-state index in [1.807, 2.05) is 4.72 Å². The van der Waals surface area contributed by atoms with Gasteiger partial charge in [0, 0.05) is 12.1 Å². The Morgan fingerprint density at radius 2 is 2.00 bits per heavy atom. The highest BCUT2D eigenvalue weighted by Crippen LogP contribution is 2.20. The average Bonchev–Trinajstić information content (AvgIpc) is 2.43. The van der Waals surface area contributed by atoms with Crippen molar-refractivity contribution in [3.8, 4) is 0 Å². The molecular formula is C10H9N5O5S2. The molecule has 0 saturated carbocycles. The van der Waals surface area contributed by atoms with E-state index in [0.717, 1.165) is 18.2 Å². The Kier molecular flexibility index (Phi) is 3.97. The number of H-pyrrole nitrogens is 2. The fraction of sp³-hybridized carbons (Fsp3) is 0. The average molecular weight is 343 g/mol. The van der Waals surface area contributed by atoms with Crippen LogP contribution in [-0.4, -0.2) is 23.3 Å². The van der Waals surface area contributed by atoms with Gasteiger partial charge >= 0.3 is 0 Å². The Hall–Kier alpha value is -2.73. The molecule has 0 spiro atoms. The Morgan fingerprint density at radius 3 is 2.59 bits per heavy atom. The van der Waals surface area contributed by atoms with Gasteiger partial charge in [0.2, 0.25) is 0 Å². The van der Waals surface area contributed by atoms with Crippen LogP contribution in [-0.2, 0) is 10.0 Å². The first-order valence-electron chi connectivity index (χ1n) is 5.60. The summed E-state index contributed by atoms with van der Waals surface area (Å²) in [6, 6.07) is 4.35. The van der Waals surface area contributed by atoms with Gasteiger partial charge in [-0.25, -0.2) is 8.42 Å². The predicted octanol–water partition coefficient (Wildman–Crippen LogP) is 0.724. The van der Waals surface area contributed by atoms with Gasteiger partial charge in [-0.15, -0.1) is 0 Å². The van der Waals surface area contributed by atoms with Crippen molar-refractivity contribution < 1.29 is 13.3 Å². The molecule has 0 saturated heterocycles. The lowest BCUT2D eigenvalue weighted by atomic mass is 10.3. The van der Waals surface area contributed by atoms with E-state index in [4.69, 9.17) is 5.73 Å². The van der Waals surface area contributed by atoms with E-state index in [9.17, 15) is 23.3 Å². The summed E-state index contributed by atoms with van der Waals surface area (Å²) in [5, 5.41) is 10.7. The van der Waals surface area contributed by atoms with Gasteiger partial charge in [0.1, 0.15) is 5.82 Å². The quantitative estimate of drug-likeness (QED) is 0.361. The van der Waals surface area contributed by atoms with Crippen LogP contribution in [0.15, 0.2) is 34.0 Å². The molecule has 0 aliphatic heterocycles. The van der Waals surface area contributed by atoms with Gasteiger partial charge in [-0.1, -0.05) is 6.07 Å². The zero-order chi connectivity index (χ0) is 16.5. The Bertz CT molecular complexity index is 962. The lowest BCUT2D eigenvalue weighted by Crippen LogP contribution is -2.23. The number of hydrogen-bond donors (Lipinski definition) is 4. The Morgan fingerprint density at radius 1 is 1.32 bits per heavy atom. The van der Waals surface area contributed by atoms with Crippen LogP contribution in [0.5, 0.6) is 0 Å². The molecule has 0 aliphatic carbocycles. The molecule has 0 radical (unpaired) electrons. The van der Waals surface area contributed by atoms with Crippen molar-refractivity contribution >= 4 is 39.4 Å². The molecule has 1 heterocycles. The number of aromatic nitrogens is 2. The lowest BCUT2D eigenvalue weighted by Gasteiger charge is -2.09. The van der Waals surface area contributed by atoms with E-state index < -0.39 is 31.9 Å². The van der Waals surface area contributed by atoms with E-state index in [1.54, 1.807) is 0 Å². The SMILES string of the molecule is Nc1[nH]c(=S)[nH]c(=O)c1NS(=O)(=O)c1cccc([N+](=O)[O-])c1. The van der Waals surface area contributed by atoms with E-state index in [1.165, 1.54) is 6.07 Å². The number of nitro benzene ring substituents is 1. The van der Waals surface area contributed by atoms with Gasteiger partial charge in [-0.2, -0.15) is 0 Å². The van der Waals surface area contributed by atoms with Crippen LogP contribution in [0.2, 0.25) is 0 Å². The van der Waals surface area contributed by atoms with Crippen molar-refractivity contribution in [1.82, 2.24) is 9.97 Å². The maximum atomic E-state index is 12.2. The number of nitrogens with two attached hydrogens (primary N) is 1. The molecule has 1 aromatic heterocycles. The van der Waals surface area contributed by atoms with Crippen LogP contribution in [0.3, 0.4) is 0 Å². The van der Waals surface area contributed by atoms with Gasteiger partial charge in [-0.05, 0) is 18.3 Å². The van der Waals surface area contributed by atoms with Crippen LogP contribution in [0.1, 0.15) is 0 Å². The van der Waals surface area contributed by atoms with Crippen molar-refractivity contribution in [3.63, 3.8) is 0 Å². The second kappa shape index (κ2) is 5.57. The first-order chi connectivity index (χ1) is 10.2. The van der Waals surface area contributed by atoms with E-state index in [2.05, 4.69) is 22.2 Å². The number of anilines is 2. The largest absolute Gasteiger partial charge is 0.383 e. The predicted molar refractivity (Wildman–Crippen MR) is 80.6 cm³/mol. The van der Waals surface area contributed by atoms with E-state index in [-0.39, 0.29) is 15.5 Å². The molecule has 2 aromatic rings. The highest BCUT2D eigenvalue weighted by molar-refractivity contribution is 7.92. The third-order valence-electron chi connectivity index (χ3n) is 2.55. The normalized spacial score (nSPS) is 11.1. The highest BCUT2D eigenvalue weighted by atomic mass is 32.2. The molecule has 10 nitrogen and oxygen atoms in total. The summed E-state index contributed by atoms with van der Waals surface area (Å²) in [7, 11) is -4.24. The molecule has 22 heavy (non-hydrogen) atoms. The number of sulfonamides is 1. The third kappa shape index (κ3) is 3.12. The van der Waals surface area contributed by atoms with Crippen LogP contribution in [0, 0.1) is 14.9 Å². The molecule has 116 valence electrons. The molecule has 0 atom stereocenters. The molecule has 0 amide bonds. The van der Waals surface area contributed by atoms with Gasteiger partial charge in [0.15, 0.2) is 10.5 Å².